The van der Waals surface area contributed by atoms with Crippen LogP contribution in [0.2, 0.25) is 19.6 Å². The predicted octanol–water partition coefficient (Wildman–Crippen LogP) is 1.25. The summed E-state index contributed by atoms with van der Waals surface area (Å²) in [6.45, 7) is 6.78. The Morgan fingerprint density at radius 3 is 1.85 bits per heavy atom. The molecule has 0 aromatic heterocycles. The zero-order chi connectivity index (χ0) is 15.3. The van der Waals surface area contributed by atoms with Gasteiger partial charge in [0.05, 0.1) is 6.61 Å². The van der Waals surface area contributed by atoms with Crippen molar-refractivity contribution in [3.05, 3.63) is 0 Å². The van der Waals surface area contributed by atoms with Crippen molar-refractivity contribution >= 4 is 8.32 Å². The molecule has 20 heavy (non-hydrogen) atoms. The van der Waals surface area contributed by atoms with Crippen LogP contribution >= 0.6 is 0 Å². The van der Waals surface area contributed by atoms with E-state index in [1.54, 1.807) is 28.4 Å². The van der Waals surface area contributed by atoms with Crippen molar-refractivity contribution < 1.29 is 28.1 Å². The summed E-state index contributed by atoms with van der Waals surface area (Å²) in [5.74, 6) is 0. The Hall–Kier alpha value is -0.0231. The van der Waals surface area contributed by atoms with Crippen molar-refractivity contribution in [3.63, 3.8) is 0 Å². The van der Waals surface area contributed by atoms with Gasteiger partial charge in [-0.15, -0.1) is 0 Å². The van der Waals surface area contributed by atoms with Crippen LogP contribution in [0.5, 0.6) is 0 Å². The minimum atomic E-state index is -1.77. The van der Waals surface area contributed by atoms with Crippen molar-refractivity contribution in [3.8, 4) is 0 Å². The molecule has 0 amide bonds. The average Bonchev–Trinajstić information content (AvgIpc) is 2.37. The van der Waals surface area contributed by atoms with Crippen LogP contribution in [0.15, 0.2) is 0 Å². The number of ether oxygens (including phenoxy) is 5. The zero-order valence-corrected chi connectivity index (χ0v) is 14.5. The number of hydrogen-bond donors (Lipinski definition) is 0. The summed E-state index contributed by atoms with van der Waals surface area (Å²) in [6.07, 6.45) is -1.56. The average molecular weight is 308 g/mol. The van der Waals surface area contributed by atoms with E-state index in [2.05, 4.69) is 19.6 Å². The molecule has 0 unspecified atom stereocenters. The van der Waals surface area contributed by atoms with E-state index < -0.39 is 14.6 Å². The summed E-state index contributed by atoms with van der Waals surface area (Å²) in [6, 6.07) is 0. The summed E-state index contributed by atoms with van der Waals surface area (Å²) in [5, 5.41) is 0. The van der Waals surface area contributed by atoms with Gasteiger partial charge in [-0.2, -0.15) is 0 Å². The topological polar surface area (TPSA) is 55.4 Å². The first-order valence-corrected chi connectivity index (χ1v) is 10.2. The van der Waals surface area contributed by atoms with Gasteiger partial charge in [0.2, 0.25) is 0 Å². The number of rotatable bonds is 7. The molecule has 0 N–H and O–H groups in total. The van der Waals surface area contributed by atoms with Gasteiger partial charge in [0.15, 0.2) is 14.6 Å². The normalized spacial score (nSPS) is 35.2. The maximum atomic E-state index is 6.19. The van der Waals surface area contributed by atoms with Crippen molar-refractivity contribution in [2.75, 3.05) is 35.0 Å². The first kappa shape index (κ1) is 18.0. The molecular formula is C13H28O6Si. The Morgan fingerprint density at radius 1 is 0.850 bits per heavy atom. The fourth-order valence-corrected chi connectivity index (χ4v) is 3.52. The highest BCUT2D eigenvalue weighted by Crippen LogP contribution is 2.29. The fraction of sp³-hybridized carbons (Fsp3) is 1.00. The monoisotopic (exact) mass is 308 g/mol. The summed E-state index contributed by atoms with van der Waals surface area (Å²) < 4.78 is 33.9. The van der Waals surface area contributed by atoms with Crippen LogP contribution in [-0.4, -0.2) is 74.1 Å². The van der Waals surface area contributed by atoms with Gasteiger partial charge < -0.3 is 28.1 Å². The lowest BCUT2D eigenvalue weighted by Crippen LogP contribution is -2.62. The van der Waals surface area contributed by atoms with Gasteiger partial charge in [-0.25, -0.2) is 0 Å². The number of methoxy groups -OCH3 is 4. The Bertz CT molecular complexity index is 283. The second kappa shape index (κ2) is 7.84. The molecule has 0 saturated carbocycles. The van der Waals surface area contributed by atoms with Gasteiger partial charge in [0, 0.05) is 28.4 Å². The van der Waals surface area contributed by atoms with Crippen LogP contribution in [0.4, 0.5) is 0 Å². The minimum absolute atomic E-state index is 0.249. The molecule has 0 bridgehead atoms. The molecule has 7 heteroatoms. The second-order valence-electron chi connectivity index (χ2n) is 5.83. The van der Waals surface area contributed by atoms with E-state index in [1.165, 1.54) is 0 Å². The molecule has 0 aromatic carbocycles. The third kappa shape index (κ3) is 4.49. The molecule has 1 aliphatic heterocycles. The lowest BCUT2D eigenvalue weighted by atomic mass is 9.99. The lowest BCUT2D eigenvalue weighted by molar-refractivity contribution is -0.298. The fourth-order valence-electron chi connectivity index (χ4n) is 2.45. The van der Waals surface area contributed by atoms with E-state index in [4.69, 9.17) is 28.1 Å². The van der Waals surface area contributed by atoms with Gasteiger partial charge in [-0.3, -0.25) is 0 Å². The van der Waals surface area contributed by atoms with Crippen LogP contribution < -0.4 is 0 Å². The Balaban J connectivity index is 2.95. The molecule has 120 valence electrons. The van der Waals surface area contributed by atoms with Crippen LogP contribution in [-0.2, 0) is 28.1 Å². The molecule has 1 aliphatic rings. The highest BCUT2D eigenvalue weighted by molar-refractivity contribution is 6.69. The number of hydrogen-bond acceptors (Lipinski definition) is 6. The summed E-state index contributed by atoms with van der Waals surface area (Å²) in [7, 11) is 4.76. The molecule has 1 heterocycles. The zero-order valence-electron chi connectivity index (χ0n) is 13.5. The minimum Gasteiger partial charge on any atom is -0.407 e. The highest BCUT2D eigenvalue weighted by atomic mass is 28.4. The van der Waals surface area contributed by atoms with Crippen LogP contribution in [0.3, 0.4) is 0 Å². The summed E-state index contributed by atoms with van der Waals surface area (Å²) in [4.78, 5) is 0. The maximum absolute atomic E-state index is 6.19. The predicted molar refractivity (Wildman–Crippen MR) is 77.4 cm³/mol. The van der Waals surface area contributed by atoms with E-state index in [9.17, 15) is 0 Å². The molecule has 6 nitrogen and oxygen atoms in total. The van der Waals surface area contributed by atoms with E-state index in [-0.39, 0.29) is 24.4 Å². The molecule has 0 spiro atoms. The summed E-state index contributed by atoms with van der Waals surface area (Å²) >= 11 is 0. The van der Waals surface area contributed by atoms with E-state index in [1.807, 2.05) is 0 Å². The van der Waals surface area contributed by atoms with Crippen molar-refractivity contribution in [1.29, 1.82) is 0 Å². The maximum Gasteiger partial charge on any atom is 0.185 e. The molecular weight excluding hydrogens is 280 g/mol. The molecule has 1 fully saturated rings. The Labute approximate surface area is 122 Å². The van der Waals surface area contributed by atoms with Crippen LogP contribution in [0.25, 0.3) is 0 Å². The molecule has 1 rings (SSSR count). The van der Waals surface area contributed by atoms with Crippen LogP contribution in [0, 0.1) is 0 Å². The molecule has 0 aliphatic carbocycles. The Morgan fingerprint density at radius 2 is 1.45 bits per heavy atom. The van der Waals surface area contributed by atoms with E-state index in [0.717, 1.165) is 0 Å². The SMILES string of the molecule is COC[C@H]1O[C@H](OC)[C@H](O[Si](C)(C)C)[C@@H](OC)[C@@H]1OC. The molecule has 5 atom stereocenters. The first-order chi connectivity index (χ1) is 9.37. The molecule has 0 radical (unpaired) electrons. The smallest absolute Gasteiger partial charge is 0.185 e. The second-order valence-corrected chi connectivity index (χ2v) is 10.3. The summed E-state index contributed by atoms with van der Waals surface area (Å²) in [5.41, 5.74) is 0. The first-order valence-electron chi connectivity index (χ1n) is 6.78. The quantitative estimate of drug-likeness (QED) is 0.660. The van der Waals surface area contributed by atoms with Gasteiger partial charge in [0.25, 0.3) is 0 Å². The van der Waals surface area contributed by atoms with Gasteiger partial charge >= 0.3 is 0 Å². The van der Waals surface area contributed by atoms with Crippen molar-refractivity contribution in [1.82, 2.24) is 0 Å². The third-order valence-electron chi connectivity index (χ3n) is 3.19. The van der Waals surface area contributed by atoms with Gasteiger partial charge in [-0.1, -0.05) is 0 Å². The highest BCUT2D eigenvalue weighted by Gasteiger charge is 2.48. The largest absolute Gasteiger partial charge is 0.407 e. The van der Waals surface area contributed by atoms with E-state index >= 15 is 0 Å². The molecule has 0 aromatic rings. The third-order valence-corrected chi connectivity index (χ3v) is 4.17. The van der Waals surface area contributed by atoms with Gasteiger partial charge in [0.1, 0.15) is 24.4 Å². The standard InChI is InChI=1S/C13H28O6Si/c1-14-8-9-10(15-2)11(16-3)12(13(17-4)18-9)19-20(5,6)7/h9-13H,8H2,1-7H3/t9-,10-,11+,12-,13+/m1/s1. The van der Waals surface area contributed by atoms with Crippen LogP contribution in [0.1, 0.15) is 0 Å². The lowest BCUT2D eigenvalue weighted by Gasteiger charge is -2.46. The van der Waals surface area contributed by atoms with Gasteiger partial charge in [-0.05, 0) is 19.6 Å². The molecule has 1 saturated heterocycles. The Kier molecular flexibility index (Phi) is 7.06. The van der Waals surface area contributed by atoms with E-state index in [0.29, 0.717) is 6.61 Å². The van der Waals surface area contributed by atoms with Crippen molar-refractivity contribution in [2.45, 2.75) is 50.3 Å². The van der Waals surface area contributed by atoms with Crippen molar-refractivity contribution in [2.24, 2.45) is 0 Å².